The minimum absolute atomic E-state index is 0.109. The zero-order chi connectivity index (χ0) is 12.6. The Hall–Kier alpha value is 0.390. The van der Waals surface area contributed by atoms with E-state index in [0.29, 0.717) is 0 Å². The van der Waals surface area contributed by atoms with E-state index in [1.54, 1.807) is 0 Å². The third-order valence-corrected chi connectivity index (χ3v) is 7.56. The van der Waals surface area contributed by atoms with Gasteiger partial charge < -0.3 is 4.52 Å². The summed E-state index contributed by atoms with van der Waals surface area (Å²) in [5.74, 6) is 0. The first-order valence-corrected chi connectivity index (χ1v) is 9.73. The molecule has 2 rings (SSSR count). The Balaban J connectivity index is 1.87. The Bertz CT molecular complexity index is 189. The first-order chi connectivity index (χ1) is 8.92. The summed E-state index contributed by atoms with van der Waals surface area (Å²) in [6, 6.07) is 0. The number of rotatable bonds is 6. The zero-order valence-electron chi connectivity index (χ0n) is 12.2. The van der Waals surface area contributed by atoms with Gasteiger partial charge in [0.1, 0.15) is 0 Å². The molecule has 0 N–H and O–H groups in total. The Morgan fingerprint density at radius 2 is 1.33 bits per heavy atom. The highest BCUT2D eigenvalue weighted by Crippen LogP contribution is 2.56. The smallest absolute Gasteiger partial charge is 0.0509 e. The SMILES string of the molecule is CCCCOP(C1CCCCC1)C1CCCCC1. The van der Waals surface area contributed by atoms with Crippen molar-refractivity contribution in [3.63, 3.8) is 0 Å². The molecular formula is C16H31OP. The van der Waals surface area contributed by atoms with Gasteiger partial charge in [-0.1, -0.05) is 51.9 Å². The standard InChI is InChI=1S/C16H31OP/c1-2-3-14-17-18(15-10-6-4-7-11-15)16-12-8-5-9-13-16/h15-16H,2-14H2,1H3. The van der Waals surface area contributed by atoms with Gasteiger partial charge in [-0.3, -0.25) is 0 Å². The lowest BCUT2D eigenvalue weighted by atomic mass is 10.00. The minimum atomic E-state index is -0.109. The Morgan fingerprint density at radius 1 is 0.833 bits per heavy atom. The first-order valence-electron chi connectivity index (χ1n) is 8.33. The second-order valence-electron chi connectivity index (χ2n) is 6.13. The second kappa shape index (κ2) is 8.54. The largest absolute Gasteiger partial charge is 0.359 e. The summed E-state index contributed by atoms with van der Waals surface area (Å²) in [5, 5.41) is 0. The molecule has 0 aliphatic heterocycles. The van der Waals surface area contributed by atoms with Crippen LogP contribution in [0, 0.1) is 0 Å². The van der Waals surface area contributed by atoms with Crippen LogP contribution in [0.25, 0.3) is 0 Å². The summed E-state index contributed by atoms with van der Waals surface area (Å²) in [6.45, 7) is 3.31. The Kier molecular flexibility index (Phi) is 7.02. The Morgan fingerprint density at radius 3 is 1.78 bits per heavy atom. The number of hydrogen-bond donors (Lipinski definition) is 0. The summed E-state index contributed by atoms with van der Waals surface area (Å²) in [7, 11) is -0.109. The molecule has 0 spiro atoms. The van der Waals surface area contributed by atoms with Crippen molar-refractivity contribution in [3.8, 4) is 0 Å². The summed E-state index contributed by atoms with van der Waals surface area (Å²) >= 11 is 0. The molecule has 2 heteroatoms. The number of hydrogen-bond acceptors (Lipinski definition) is 1. The maximum atomic E-state index is 6.43. The van der Waals surface area contributed by atoms with Gasteiger partial charge in [0.05, 0.1) is 6.61 Å². The van der Waals surface area contributed by atoms with Gasteiger partial charge in [-0.15, -0.1) is 0 Å². The van der Waals surface area contributed by atoms with Crippen LogP contribution in [0.15, 0.2) is 0 Å². The van der Waals surface area contributed by atoms with Crippen LogP contribution in [-0.2, 0) is 4.52 Å². The predicted molar refractivity (Wildman–Crippen MR) is 81.5 cm³/mol. The molecule has 2 saturated carbocycles. The molecule has 18 heavy (non-hydrogen) atoms. The molecule has 0 bridgehead atoms. The maximum absolute atomic E-state index is 6.43. The fraction of sp³-hybridized carbons (Fsp3) is 1.00. The van der Waals surface area contributed by atoms with Crippen LogP contribution < -0.4 is 0 Å². The van der Waals surface area contributed by atoms with Crippen molar-refractivity contribution < 1.29 is 4.52 Å². The van der Waals surface area contributed by atoms with E-state index in [1.165, 1.54) is 77.0 Å². The lowest BCUT2D eigenvalue weighted by Gasteiger charge is -2.37. The quantitative estimate of drug-likeness (QED) is 0.433. The van der Waals surface area contributed by atoms with Gasteiger partial charge in [0.25, 0.3) is 0 Å². The lowest BCUT2D eigenvalue weighted by molar-refractivity contribution is 0.317. The fourth-order valence-corrected chi connectivity index (χ4v) is 6.60. The van der Waals surface area contributed by atoms with Crippen LogP contribution in [-0.4, -0.2) is 17.9 Å². The molecule has 0 radical (unpaired) electrons. The highest BCUT2D eigenvalue weighted by Gasteiger charge is 2.32. The molecule has 0 saturated heterocycles. The molecular weight excluding hydrogens is 239 g/mol. The normalized spacial score (nSPS) is 23.7. The van der Waals surface area contributed by atoms with E-state index in [-0.39, 0.29) is 8.15 Å². The molecule has 0 atom stereocenters. The van der Waals surface area contributed by atoms with E-state index in [1.807, 2.05) is 0 Å². The molecule has 0 unspecified atom stereocenters. The second-order valence-corrected chi connectivity index (χ2v) is 8.57. The molecule has 0 amide bonds. The monoisotopic (exact) mass is 270 g/mol. The molecule has 2 aliphatic rings. The first kappa shape index (κ1) is 14.8. The van der Waals surface area contributed by atoms with E-state index in [9.17, 15) is 0 Å². The highest BCUT2D eigenvalue weighted by molar-refractivity contribution is 7.54. The van der Waals surface area contributed by atoms with Crippen LogP contribution in [0.3, 0.4) is 0 Å². The molecule has 1 nitrogen and oxygen atoms in total. The van der Waals surface area contributed by atoms with Gasteiger partial charge >= 0.3 is 0 Å². The van der Waals surface area contributed by atoms with Crippen molar-refractivity contribution in [2.24, 2.45) is 0 Å². The molecule has 0 aromatic carbocycles. The van der Waals surface area contributed by atoms with Crippen molar-refractivity contribution >= 4 is 8.15 Å². The molecule has 0 aromatic rings. The maximum Gasteiger partial charge on any atom is 0.0509 e. The Labute approximate surface area is 115 Å². The number of unbranched alkanes of at least 4 members (excludes halogenated alkanes) is 1. The molecule has 2 fully saturated rings. The van der Waals surface area contributed by atoms with Gasteiger partial charge in [0, 0.05) is 19.5 Å². The van der Waals surface area contributed by atoms with Crippen molar-refractivity contribution in [1.29, 1.82) is 0 Å². The third kappa shape index (κ3) is 4.49. The lowest BCUT2D eigenvalue weighted by Crippen LogP contribution is -2.22. The van der Waals surface area contributed by atoms with Crippen molar-refractivity contribution in [3.05, 3.63) is 0 Å². The van der Waals surface area contributed by atoms with Crippen LogP contribution in [0.5, 0.6) is 0 Å². The summed E-state index contributed by atoms with van der Waals surface area (Å²) in [6.07, 6.45) is 17.2. The summed E-state index contributed by atoms with van der Waals surface area (Å²) in [5.41, 5.74) is 1.91. The predicted octanol–water partition coefficient (Wildman–Crippen LogP) is 5.87. The van der Waals surface area contributed by atoms with Gasteiger partial charge in [-0.05, 0) is 32.1 Å². The van der Waals surface area contributed by atoms with Gasteiger partial charge in [0.2, 0.25) is 0 Å². The van der Waals surface area contributed by atoms with Crippen LogP contribution in [0.4, 0.5) is 0 Å². The zero-order valence-corrected chi connectivity index (χ0v) is 13.1. The van der Waals surface area contributed by atoms with Crippen molar-refractivity contribution in [2.75, 3.05) is 6.61 Å². The molecule has 0 aromatic heterocycles. The van der Waals surface area contributed by atoms with E-state index in [4.69, 9.17) is 4.52 Å². The van der Waals surface area contributed by atoms with Gasteiger partial charge in [-0.25, -0.2) is 0 Å². The summed E-state index contributed by atoms with van der Waals surface area (Å²) in [4.78, 5) is 0. The molecule has 106 valence electrons. The van der Waals surface area contributed by atoms with Crippen LogP contribution >= 0.6 is 8.15 Å². The minimum Gasteiger partial charge on any atom is -0.359 e. The average Bonchev–Trinajstić information content (AvgIpc) is 2.46. The van der Waals surface area contributed by atoms with E-state index < -0.39 is 0 Å². The molecule has 0 heterocycles. The van der Waals surface area contributed by atoms with E-state index in [2.05, 4.69) is 6.92 Å². The van der Waals surface area contributed by atoms with Gasteiger partial charge in [0.15, 0.2) is 0 Å². The van der Waals surface area contributed by atoms with Gasteiger partial charge in [-0.2, -0.15) is 0 Å². The van der Waals surface area contributed by atoms with Crippen LogP contribution in [0.2, 0.25) is 0 Å². The highest BCUT2D eigenvalue weighted by atomic mass is 31.1. The third-order valence-electron chi connectivity index (χ3n) is 4.61. The van der Waals surface area contributed by atoms with Crippen molar-refractivity contribution in [1.82, 2.24) is 0 Å². The fourth-order valence-electron chi connectivity index (χ4n) is 3.49. The van der Waals surface area contributed by atoms with E-state index in [0.717, 1.165) is 17.9 Å². The molecule has 2 aliphatic carbocycles. The topological polar surface area (TPSA) is 9.23 Å². The van der Waals surface area contributed by atoms with E-state index >= 15 is 0 Å². The van der Waals surface area contributed by atoms with Crippen molar-refractivity contribution in [2.45, 2.75) is 95.3 Å². The van der Waals surface area contributed by atoms with Crippen LogP contribution in [0.1, 0.15) is 84.0 Å². The summed E-state index contributed by atoms with van der Waals surface area (Å²) < 4.78 is 6.43. The average molecular weight is 270 g/mol.